The zero-order chi connectivity index (χ0) is 12.3. The molecule has 1 aromatic heterocycles. The topological polar surface area (TPSA) is 9.23 Å². The van der Waals surface area contributed by atoms with Crippen LogP contribution in [0.15, 0.2) is 10.5 Å². The lowest BCUT2D eigenvalue weighted by Crippen LogP contribution is -2.18. The largest absolute Gasteiger partial charge is 0.411 e. The molecule has 0 fully saturated rings. The highest BCUT2D eigenvalue weighted by Crippen LogP contribution is 2.36. The molecule has 1 rings (SSSR count). The van der Waals surface area contributed by atoms with Gasteiger partial charge in [-0.2, -0.15) is 13.2 Å². The van der Waals surface area contributed by atoms with Gasteiger partial charge in [-0.1, -0.05) is 15.9 Å². The average Bonchev–Trinajstić information content (AvgIpc) is 2.43. The van der Waals surface area contributed by atoms with Gasteiger partial charge in [0.05, 0.1) is 11.4 Å². The van der Waals surface area contributed by atoms with Crippen molar-refractivity contribution < 1.29 is 17.9 Å². The summed E-state index contributed by atoms with van der Waals surface area (Å²) < 4.78 is 41.0. The van der Waals surface area contributed by atoms with Crippen molar-refractivity contribution in [1.82, 2.24) is 0 Å². The second kappa shape index (κ2) is 5.84. The molecule has 16 heavy (non-hydrogen) atoms. The number of alkyl halides is 4. The van der Waals surface area contributed by atoms with Gasteiger partial charge in [0.1, 0.15) is 6.61 Å². The lowest BCUT2D eigenvalue weighted by molar-refractivity contribution is -0.173. The Morgan fingerprint density at radius 2 is 2.12 bits per heavy atom. The van der Waals surface area contributed by atoms with E-state index in [1.165, 1.54) is 11.3 Å². The highest BCUT2D eigenvalue weighted by molar-refractivity contribution is 9.11. The molecule has 1 atom stereocenters. The molecule has 0 amide bonds. The predicted molar refractivity (Wildman–Crippen MR) is 65.3 cm³/mol. The monoisotopic (exact) mass is 380 g/mol. The number of hydrogen-bond acceptors (Lipinski definition) is 2. The van der Waals surface area contributed by atoms with Crippen LogP contribution in [0.3, 0.4) is 0 Å². The molecular weight excluding hydrogens is 373 g/mol. The maximum atomic E-state index is 11.8. The van der Waals surface area contributed by atoms with Crippen molar-refractivity contribution in [3.8, 4) is 0 Å². The molecule has 1 heterocycles. The molecule has 0 N–H and O–H groups in total. The van der Waals surface area contributed by atoms with Crippen molar-refractivity contribution in [2.45, 2.75) is 17.9 Å². The summed E-state index contributed by atoms with van der Waals surface area (Å²) in [5.41, 5.74) is 0. The molecular formula is C9H9Br2F3OS. The number of aryl methyl sites for hydroxylation is 1. The zero-order valence-corrected chi connectivity index (χ0v) is 12.3. The summed E-state index contributed by atoms with van der Waals surface area (Å²) in [6, 6.07) is 1.93. The Kier molecular flexibility index (Phi) is 5.28. The average molecular weight is 382 g/mol. The summed E-state index contributed by atoms with van der Waals surface area (Å²) >= 11 is 8.18. The molecule has 0 aromatic carbocycles. The van der Waals surface area contributed by atoms with Crippen molar-refractivity contribution in [3.63, 3.8) is 0 Å². The van der Waals surface area contributed by atoms with Gasteiger partial charge in [-0.25, -0.2) is 0 Å². The van der Waals surface area contributed by atoms with E-state index in [9.17, 15) is 13.2 Å². The van der Waals surface area contributed by atoms with E-state index in [0.29, 0.717) is 0 Å². The normalized spacial score (nSPS) is 14.1. The molecule has 1 aromatic rings. The highest BCUT2D eigenvalue weighted by Gasteiger charge is 2.28. The SMILES string of the molecule is Cc1cc(Br)c(C(Br)COCC(F)(F)F)s1. The summed E-state index contributed by atoms with van der Waals surface area (Å²) in [5, 5.41) is 0. The Morgan fingerprint density at radius 1 is 1.50 bits per heavy atom. The molecule has 1 nitrogen and oxygen atoms in total. The molecule has 0 bridgehead atoms. The maximum Gasteiger partial charge on any atom is 0.411 e. The number of hydrogen-bond donors (Lipinski definition) is 0. The van der Waals surface area contributed by atoms with Crippen LogP contribution in [-0.4, -0.2) is 19.4 Å². The Bertz CT molecular complexity index is 351. The Hall–Kier alpha value is 0.410. The number of rotatable bonds is 4. The molecule has 7 heteroatoms. The summed E-state index contributed by atoms with van der Waals surface area (Å²) in [6.45, 7) is 0.727. The number of ether oxygens (including phenoxy) is 1. The summed E-state index contributed by atoms with van der Waals surface area (Å²) in [7, 11) is 0. The van der Waals surface area contributed by atoms with Crippen LogP contribution >= 0.6 is 43.2 Å². The molecule has 0 aliphatic rings. The van der Waals surface area contributed by atoms with Crippen molar-refractivity contribution in [2.75, 3.05) is 13.2 Å². The van der Waals surface area contributed by atoms with Gasteiger partial charge in [-0.3, -0.25) is 0 Å². The lowest BCUT2D eigenvalue weighted by Gasteiger charge is -2.11. The van der Waals surface area contributed by atoms with E-state index in [0.717, 1.165) is 14.2 Å². The summed E-state index contributed by atoms with van der Waals surface area (Å²) in [6.07, 6.45) is -4.27. The Balaban J connectivity index is 2.47. The maximum absolute atomic E-state index is 11.8. The third-order valence-electron chi connectivity index (χ3n) is 1.65. The zero-order valence-electron chi connectivity index (χ0n) is 8.28. The van der Waals surface area contributed by atoms with Gasteiger partial charge in [0, 0.05) is 14.2 Å². The number of thiophene rings is 1. The molecule has 0 radical (unpaired) electrons. The summed E-state index contributed by atoms with van der Waals surface area (Å²) in [4.78, 5) is 1.82. The van der Waals surface area contributed by atoms with Crippen molar-refractivity contribution in [3.05, 3.63) is 20.3 Å². The molecule has 0 saturated carbocycles. The molecule has 0 aliphatic carbocycles. The van der Waals surface area contributed by atoms with Crippen LogP contribution in [0, 0.1) is 6.92 Å². The summed E-state index contributed by atoms with van der Waals surface area (Å²) in [5.74, 6) is 0. The van der Waals surface area contributed by atoms with E-state index in [-0.39, 0.29) is 11.4 Å². The van der Waals surface area contributed by atoms with E-state index < -0.39 is 12.8 Å². The second-order valence-corrected chi connectivity index (χ2v) is 6.41. The Labute approximate surface area is 112 Å². The fourth-order valence-electron chi connectivity index (χ4n) is 1.07. The third kappa shape index (κ3) is 4.73. The van der Waals surface area contributed by atoms with Crippen LogP contribution in [0.1, 0.15) is 14.6 Å². The van der Waals surface area contributed by atoms with Gasteiger partial charge < -0.3 is 4.74 Å². The van der Waals surface area contributed by atoms with Crippen molar-refractivity contribution in [2.24, 2.45) is 0 Å². The van der Waals surface area contributed by atoms with Crippen molar-refractivity contribution in [1.29, 1.82) is 0 Å². The molecule has 1 unspecified atom stereocenters. The fraction of sp³-hybridized carbons (Fsp3) is 0.556. The van der Waals surface area contributed by atoms with Crippen LogP contribution < -0.4 is 0 Å². The quantitative estimate of drug-likeness (QED) is 0.678. The third-order valence-corrected chi connectivity index (χ3v) is 4.76. The van der Waals surface area contributed by atoms with Gasteiger partial charge >= 0.3 is 6.18 Å². The standard InChI is InChI=1S/C9H9Br2F3OS/c1-5-2-6(10)8(16-5)7(11)3-15-4-9(12,13)14/h2,7H,3-4H2,1H3. The second-order valence-electron chi connectivity index (χ2n) is 3.17. The minimum absolute atomic E-state index is 0.00192. The minimum Gasteiger partial charge on any atom is -0.370 e. The molecule has 0 aliphatic heterocycles. The van der Waals surface area contributed by atoms with Crippen LogP contribution in [0.4, 0.5) is 13.2 Å². The fourth-order valence-corrected chi connectivity index (χ4v) is 3.98. The van der Waals surface area contributed by atoms with Gasteiger partial charge in [0.25, 0.3) is 0 Å². The van der Waals surface area contributed by atoms with Crippen LogP contribution in [0.25, 0.3) is 0 Å². The lowest BCUT2D eigenvalue weighted by atomic mass is 10.3. The van der Waals surface area contributed by atoms with E-state index in [1.807, 2.05) is 13.0 Å². The molecule has 0 saturated heterocycles. The van der Waals surface area contributed by atoms with E-state index >= 15 is 0 Å². The van der Waals surface area contributed by atoms with Crippen LogP contribution in [0.2, 0.25) is 0 Å². The molecule has 92 valence electrons. The number of halogens is 5. The smallest absolute Gasteiger partial charge is 0.370 e. The highest BCUT2D eigenvalue weighted by atomic mass is 79.9. The Morgan fingerprint density at radius 3 is 2.56 bits per heavy atom. The minimum atomic E-state index is -4.27. The van der Waals surface area contributed by atoms with E-state index in [2.05, 4.69) is 36.6 Å². The first-order valence-corrected chi connectivity index (χ1v) is 6.86. The molecule has 0 spiro atoms. The first kappa shape index (κ1) is 14.5. The first-order chi connectivity index (χ1) is 7.29. The van der Waals surface area contributed by atoms with E-state index in [1.54, 1.807) is 0 Å². The van der Waals surface area contributed by atoms with Gasteiger partial charge in [0.15, 0.2) is 0 Å². The van der Waals surface area contributed by atoms with Crippen LogP contribution in [-0.2, 0) is 4.74 Å². The van der Waals surface area contributed by atoms with Gasteiger partial charge in [-0.05, 0) is 28.9 Å². The van der Waals surface area contributed by atoms with Crippen LogP contribution in [0.5, 0.6) is 0 Å². The van der Waals surface area contributed by atoms with Crippen molar-refractivity contribution >= 4 is 43.2 Å². The van der Waals surface area contributed by atoms with Gasteiger partial charge in [-0.15, -0.1) is 11.3 Å². The van der Waals surface area contributed by atoms with Gasteiger partial charge in [0.2, 0.25) is 0 Å². The predicted octanol–water partition coefficient (Wildman–Crippen LogP) is 4.83. The van der Waals surface area contributed by atoms with E-state index in [4.69, 9.17) is 0 Å². The first-order valence-electron chi connectivity index (χ1n) is 4.34.